The van der Waals surface area contributed by atoms with E-state index in [0.29, 0.717) is 48.2 Å². The number of aliphatic hydroxyl groups is 2. The summed E-state index contributed by atoms with van der Waals surface area (Å²) in [7, 11) is 0. The molecule has 3 N–H and O–H groups in total. The first kappa shape index (κ1) is 36.0. The molecule has 10 rings (SSSR count). The molecule has 292 valence electrons. The molecule has 3 amide bonds. The lowest BCUT2D eigenvalue weighted by atomic mass is 9.74. The third-order valence-corrected chi connectivity index (χ3v) is 14.2. The standard InChI is InChI=1S/C43H47ClN6O6/c1-42(2)28-8-6-25(20-33(28)50-31-5-3-4-30(44)36(31)39(54)46-41(42)50)24-12-16-48(17-13-24)35(52)22-47-18-14-43(15-19-47)23-56-37-27-21-49(32-10-11-34(51)45-38(32)53)40(55)26(27)7-9-29(37)43/h3-9,20,24,32,35,39,52,54H,10-19,21-23H2,1-2H3,(H,45,51,53)/t32-,35?,39?/m0/s1. The summed E-state index contributed by atoms with van der Waals surface area (Å²) in [5.41, 5.74) is 7.13. The number of halogens is 1. The van der Waals surface area contributed by atoms with Crippen LogP contribution in [0.2, 0.25) is 5.02 Å². The Kier molecular flexibility index (Phi) is 8.43. The summed E-state index contributed by atoms with van der Waals surface area (Å²) in [6.07, 6.45) is 2.70. The number of aliphatic imine (C=N–C) groups is 1. The van der Waals surface area contributed by atoms with E-state index in [4.69, 9.17) is 21.3 Å². The molecule has 7 heterocycles. The zero-order valence-electron chi connectivity index (χ0n) is 31.8. The number of ether oxygens (including phenoxy) is 1. The van der Waals surface area contributed by atoms with Crippen LogP contribution in [0.3, 0.4) is 0 Å². The van der Waals surface area contributed by atoms with Crippen molar-refractivity contribution in [3.63, 3.8) is 0 Å². The summed E-state index contributed by atoms with van der Waals surface area (Å²) in [5.74, 6) is 1.09. The lowest BCUT2D eigenvalue weighted by Gasteiger charge is -2.41. The van der Waals surface area contributed by atoms with Gasteiger partial charge in [-0.25, -0.2) is 4.99 Å². The Hall–Kier alpha value is -4.33. The molecule has 0 saturated carbocycles. The zero-order chi connectivity index (χ0) is 38.7. The number of fused-ring (bicyclic) bond motifs is 9. The van der Waals surface area contributed by atoms with Crippen molar-refractivity contribution in [2.24, 2.45) is 4.99 Å². The summed E-state index contributed by atoms with van der Waals surface area (Å²) >= 11 is 6.56. The van der Waals surface area contributed by atoms with Gasteiger partial charge in [0.05, 0.1) is 29.5 Å². The summed E-state index contributed by atoms with van der Waals surface area (Å²) in [4.78, 5) is 50.8. The average Bonchev–Trinajstić information content (AvgIpc) is 3.79. The Labute approximate surface area is 331 Å². The molecule has 3 fully saturated rings. The molecule has 12 nitrogen and oxygen atoms in total. The molecular formula is C43H47ClN6O6. The van der Waals surface area contributed by atoms with Crippen molar-refractivity contribution in [3.8, 4) is 5.75 Å². The number of rotatable bonds is 5. The molecular weight excluding hydrogens is 732 g/mol. The molecule has 7 aliphatic heterocycles. The molecule has 3 atom stereocenters. The van der Waals surface area contributed by atoms with E-state index in [9.17, 15) is 24.6 Å². The van der Waals surface area contributed by atoms with Crippen LogP contribution < -0.4 is 15.0 Å². The number of hydrogen-bond donors (Lipinski definition) is 3. The highest BCUT2D eigenvalue weighted by Gasteiger charge is 2.49. The van der Waals surface area contributed by atoms with Gasteiger partial charge in [0.15, 0.2) is 6.23 Å². The minimum Gasteiger partial charge on any atom is -0.492 e. The number of benzene rings is 3. The molecule has 0 aromatic heterocycles. The second-order valence-electron chi connectivity index (χ2n) is 17.3. The van der Waals surface area contributed by atoms with Gasteiger partial charge in [-0.1, -0.05) is 35.9 Å². The van der Waals surface area contributed by atoms with E-state index in [-0.39, 0.29) is 29.1 Å². The second-order valence-corrected chi connectivity index (χ2v) is 17.7. The Bertz CT molecular complexity index is 2210. The largest absolute Gasteiger partial charge is 0.492 e. The maximum Gasteiger partial charge on any atom is 0.255 e. The number of hydrogen-bond acceptors (Lipinski definition) is 10. The van der Waals surface area contributed by atoms with E-state index in [2.05, 4.69) is 52.1 Å². The molecule has 0 bridgehead atoms. The quantitative estimate of drug-likeness (QED) is 0.311. The minimum absolute atomic E-state index is 0.144. The monoisotopic (exact) mass is 778 g/mol. The van der Waals surface area contributed by atoms with Gasteiger partial charge < -0.3 is 19.8 Å². The van der Waals surface area contributed by atoms with Crippen molar-refractivity contribution in [2.45, 2.75) is 94.2 Å². The molecule has 2 unspecified atom stereocenters. The minimum atomic E-state index is -0.996. The van der Waals surface area contributed by atoms with Crippen molar-refractivity contribution in [2.75, 3.05) is 44.2 Å². The average molecular weight is 779 g/mol. The molecule has 0 aliphatic carbocycles. The maximum absolute atomic E-state index is 13.4. The highest BCUT2D eigenvalue weighted by molar-refractivity contribution is 6.32. The van der Waals surface area contributed by atoms with E-state index in [1.54, 1.807) is 11.0 Å². The summed E-state index contributed by atoms with van der Waals surface area (Å²) in [6, 6.07) is 15.8. The highest BCUT2D eigenvalue weighted by atomic mass is 35.5. The van der Waals surface area contributed by atoms with Crippen molar-refractivity contribution >= 4 is 46.5 Å². The third-order valence-electron chi connectivity index (χ3n) is 13.9. The molecule has 3 aromatic carbocycles. The molecule has 1 spiro atoms. The van der Waals surface area contributed by atoms with Crippen LogP contribution in [0.25, 0.3) is 0 Å². The molecule has 7 aliphatic rings. The van der Waals surface area contributed by atoms with Crippen LogP contribution in [-0.4, -0.2) is 100 Å². The number of carbonyl (C=O) groups is 3. The molecule has 56 heavy (non-hydrogen) atoms. The predicted molar refractivity (Wildman–Crippen MR) is 210 cm³/mol. The fraction of sp³-hybridized carbons (Fsp3) is 0.488. The van der Waals surface area contributed by atoms with Crippen molar-refractivity contribution in [1.82, 2.24) is 20.0 Å². The van der Waals surface area contributed by atoms with Gasteiger partial charge in [-0.2, -0.15) is 0 Å². The number of nitrogens with zero attached hydrogens (tertiary/aromatic N) is 5. The lowest BCUT2D eigenvalue weighted by Crippen LogP contribution is -2.52. The third kappa shape index (κ3) is 5.47. The molecule has 13 heteroatoms. The zero-order valence-corrected chi connectivity index (χ0v) is 32.5. The fourth-order valence-electron chi connectivity index (χ4n) is 10.6. The molecule has 3 aromatic rings. The maximum atomic E-state index is 13.4. The van der Waals surface area contributed by atoms with Crippen LogP contribution in [0.4, 0.5) is 11.4 Å². The number of amides is 3. The first-order valence-corrected chi connectivity index (χ1v) is 20.4. The number of amidine groups is 1. The highest BCUT2D eigenvalue weighted by Crippen LogP contribution is 2.53. The van der Waals surface area contributed by atoms with E-state index >= 15 is 0 Å². The number of likely N-dealkylation sites (tertiary alicyclic amines) is 2. The van der Waals surface area contributed by atoms with E-state index in [1.807, 2.05) is 24.3 Å². The number of carbonyl (C=O) groups excluding carboxylic acids is 3. The first-order chi connectivity index (χ1) is 26.9. The topological polar surface area (TPSA) is 138 Å². The van der Waals surface area contributed by atoms with E-state index < -0.39 is 24.4 Å². The molecule has 0 radical (unpaired) electrons. The van der Waals surface area contributed by atoms with Gasteiger partial charge in [0.25, 0.3) is 5.91 Å². The lowest BCUT2D eigenvalue weighted by molar-refractivity contribution is -0.136. The van der Waals surface area contributed by atoms with Gasteiger partial charge in [0, 0.05) is 59.1 Å². The normalized spacial score (nSPS) is 25.9. The van der Waals surface area contributed by atoms with Crippen LogP contribution in [0.15, 0.2) is 53.5 Å². The molecule has 3 saturated heterocycles. The van der Waals surface area contributed by atoms with Crippen molar-refractivity contribution in [1.29, 1.82) is 0 Å². The van der Waals surface area contributed by atoms with Crippen LogP contribution in [-0.2, 0) is 27.0 Å². The second kappa shape index (κ2) is 13.1. The van der Waals surface area contributed by atoms with Gasteiger partial charge in [0.2, 0.25) is 11.8 Å². The number of anilines is 2. The number of aliphatic hydroxyl groups excluding tert-OH is 2. The fourth-order valence-corrected chi connectivity index (χ4v) is 10.9. The Morgan fingerprint density at radius 2 is 1.75 bits per heavy atom. The van der Waals surface area contributed by atoms with E-state index in [1.165, 1.54) is 11.1 Å². The predicted octanol–water partition coefficient (Wildman–Crippen LogP) is 4.86. The van der Waals surface area contributed by atoms with Gasteiger partial charge in [0.1, 0.15) is 23.9 Å². The Morgan fingerprint density at radius 1 is 0.982 bits per heavy atom. The number of β-amino-alcohol motifs (C(OH)–C–C–N with tert-alkyl or cyclic N) is 1. The van der Waals surface area contributed by atoms with Crippen molar-refractivity contribution in [3.05, 3.63) is 86.9 Å². The number of imide groups is 1. The van der Waals surface area contributed by atoms with Crippen LogP contribution in [0, 0.1) is 0 Å². The van der Waals surface area contributed by atoms with Crippen molar-refractivity contribution < 1.29 is 29.3 Å². The summed E-state index contributed by atoms with van der Waals surface area (Å²) < 4.78 is 6.37. The smallest absolute Gasteiger partial charge is 0.255 e. The Morgan fingerprint density at radius 3 is 2.52 bits per heavy atom. The van der Waals surface area contributed by atoms with Crippen LogP contribution >= 0.6 is 11.6 Å². The summed E-state index contributed by atoms with van der Waals surface area (Å²) in [6.45, 7) is 9.08. The number of piperidine rings is 3. The first-order valence-electron chi connectivity index (χ1n) is 20.0. The van der Waals surface area contributed by atoms with Crippen LogP contribution in [0.5, 0.6) is 5.75 Å². The van der Waals surface area contributed by atoms with Gasteiger partial charge in [-0.05, 0) is 100 Å². The Balaban J connectivity index is 0.769. The van der Waals surface area contributed by atoms with Crippen LogP contribution in [0.1, 0.15) is 103 Å². The van der Waals surface area contributed by atoms with Gasteiger partial charge in [-0.3, -0.25) is 34.4 Å². The SMILES string of the molecule is CC1(C)C2=NC(O)c3c(Cl)cccc3N2c2cc(C3CCN(C(O)CN4CCC5(CC4)COc4c5ccc5c4CN([C@H]4CCC(=O)NC4=O)C5=O)CC3)ccc21. The van der Waals surface area contributed by atoms with E-state index in [0.717, 1.165) is 85.9 Å². The van der Waals surface area contributed by atoms with Gasteiger partial charge in [-0.15, -0.1) is 0 Å². The number of nitrogens with one attached hydrogen (secondary N) is 1. The van der Waals surface area contributed by atoms with Gasteiger partial charge >= 0.3 is 0 Å². The summed E-state index contributed by atoms with van der Waals surface area (Å²) in [5, 5.41) is 25.3.